The number of carbonyl (C=O) groups is 3. The van der Waals surface area contributed by atoms with E-state index in [0.717, 1.165) is 17.9 Å². The molecule has 1 unspecified atom stereocenters. The molecule has 4 rings (SSSR count). The van der Waals surface area contributed by atoms with Gasteiger partial charge in [-0.2, -0.15) is 0 Å². The first kappa shape index (κ1) is 22.8. The van der Waals surface area contributed by atoms with Crippen molar-refractivity contribution in [2.75, 3.05) is 24.5 Å². The molecule has 1 atom stereocenters. The SMILES string of the molecule is CCCC(=O)N1CCC(C(=O)NC2CC(=O)N(c3ccc(Oc4ccccc4)cc3)C2)CC1. The lowest BCUT2D eigenvalue weighted by Gasteiger charge is -2.32. The highest BCUT2D eigenvalue weighted by Gasteiger charge is 2.34. The maximum atomic E-state index is 12.8. The van der Waals surface area contributed by atoms with E-state index in [9.17, 15) is 14.4 Å². The van der Waals surface area contributed by atoms with Crippen molar-refractivity contribution in [1.29, 1.82) is 0 Å². The zero-order chi connectivity index (χ0) is 23.2. The zero-order valence-electron chi connectivity index (χ0n) is 19.0. The first-order valence-corrected chi connectivity index (χ1v) is 11.7. The number of nitrogens with zero attached hydrogens (tertiary/aromatic N) is 2. The molecule has 2 fully saturated rings. The summed E-state index contributed by atoms with van der Waals surface area (Å²) in [6, 6.07) is 16.7. The van der Waals surface area contributed by atoms with Crippen LogP contribution in [0.5, 0.6) is 11.5 Å². The van der Waals surface area contributed by atoms with Crippen LogP contribution in [0.1, 0.15) is 39.0 Å². The van der Waals surface area contributed by atoms with Crippen LogP contribution in [-0.4, -0.2) is 48.3 Å². The van der Waals surface area contributed by atoms with E-state index in [0.29, 0.717) is 51.1 Å². The summed E-state index contributed by atoms with van der Waals surface area (Å²) in [5.41, 5.74) is 0.792. The third-order valence-electron chi connectivity index (χ3n) is 6.28. The number of para-hydroxylation sites is 1. The quantitative estimate of drug-likeness (QED) is 0.699. The van der Waals surface area contributed by atoms with Gasteiger partial charge in [0.1, 0.15) is 11.5 Å². The monoisotopic (exact) mass is 449 g/mol. The Morgan fingerprint density at radius 3 is 2.33 bits per heavy atom. The maximum Gasteiger partial charge on any atom is 0.229 e. The first-order valence-electron chi connectivity index (χ1n) is 11.7. The zero-order valence-corrected chi connectivity index (χ0v) is 19.0. The molecule has 2 aliphatic rings. The first-order chi connectivity index (χ1) is 16.0. The number of ether oxygens (including phenoxy) is 1. The van der Waals surface area contributed by atoms with Crippen molar-refractivity contribution in [3.8, 4) is 11.5 Å². The molecule has 2 aliphatic heterocycles. The fourth-order valence-electron chi connectivity index (χ4n) is 4.45. The number of hydrogen-bond acceptors (Lipinski definition) is 4. The number of anilines is 1. The molecule has 0 aromatic heterocycles. The molecule has 33 heavy (non-hydrogen) atoms. The number of nitrogens with one attached hydrogen (secondary N) is 1. The predicted octanol–water partition coefficient (Wildman–Crippen LogP) is 3.74. The van der Waals surface area contributed by atoms with Crippen LogP contribution in [0, 0.1) is 5.92 Å². The number of likely N-dealkylation sites (tertiary alicyclic amines) is 1. The maximum absolute atomic E-state index is 12.8. The van der Waals surface area contributed by atoms with E-state index in [2.05, 4.69) is 5.32 Å². The van der Waals surface area contributed by atoms with Gasteiger partial charge in [-0.25, -0.2) is 0 Å². The summed E-state index contributed by atoms with van der Waals surface area (Å²) in [5.74, 6) is 1.51. The molecule has 174 valence electrons. The van der Waals surface area contributed by atoms with Crippen molar-refractivity contribution in [3.05, 3.63) is 54.6 Å². The molecular weight excluding hydrogens is 418 g/mol. The molecule has 0 bridgehead atoms. The fraction of sp³-hybridized carbons (Fsp3) is 0.423. The van der Waals surface area contributed by atoms with Crippen molar-refractivity contribution in [3.63, 3.8) is 0 Å². The van der Waals surface area contributed by atoms with Crippen LogP contribution >= 0.6 is 0 Å². The standard InChI is InChI=1S/C26H31N3O4/c1-2-6-24(30)28-15-13-19(14-16-28)26(32)27-20-17-25(31)29(18-20)21-9-11-23(12-10-21)33-22-7-4-3-5-8-22/h3-5,7-12,19-20H,2,6,13-18H2,1H3,(H,27,32). The summed E-state index contributed by atoms with van der Waals surface area (Å²) in [5, 5.41) is 3.06. The Balaban J connectivity index is 1.28. The average molecular weight is 450 g/mol. The van der Waals surface area contributed by atoms with Gasteiger partial charge in [0.05, 0.1) is 6.04 Å². The number of piperidine rings is 1. The molecule has 3 amide bonds. The Bertz CT molecular complexity index is 969. The van der Waals surface area contributed by atoms with Crippen LogP contribution in [-0.2, 0) is 14.4 Å². The predicted molar refractivity (Wildman–Crippen MR) is 126 cm³/mol. The van der Waals surface area contributed by atoms with Crippen molar-refractivity contribution in [1.82, 2.24) is 10.2 Å². The van der Waals surface area contributed by atoms with Crippen LogP contribution in [0.2, 0.25) is 0 Å². The summed E-state index contributed by atoms with van der Waals surface area (Å²) in [6.07, 6.45) is 3.05. The topological polar surface area (TPSA) is 79.0 Å². The molecule has 2 heterocycles. The Kier molecular flexibility index (Phi) is 7.27. The second-order valence-electron chi connectivity index (χ2n) is 8.73. The van der Waals surface area contributed by atoms with Crippen LogP contribution in [0.4, 0.5) is 5.69 Å². The third kappa shape index (κ3) is 5.72. The summed E-state index contributed by atoms with van der Waals surface area (Å²) >= 11 is 0. The van der Waals surface area contributed by atoms with Gasteiger partial charge in [0.25, 0.3) is 0 Å². The molecule has 0 aliphatic carbocycles. The van der Waals surface area contributed by atoms with E-state index in [1.165, 1.54) is 0 Å². The molecule has 0 spiro atoms. The second kappa shape index (κ2) is 10.5. The molecule has 7 nitrogen and oxygen atoms in total. The Morgan fingerprint density at radius 2 is 1.67 bits per heavy atom. The normalized spacial score (nSPS) is 18.9. The lowest BCUT2D eigenvalue weighted by Crippen LogP contribution is -2.46. The molecule has 0 saturated carbocycles. The molecule has 1 N–H and O–H groups in total. The molecule has 2 aromatic rings. The minimum atomic E-state index is -0.204. The van der Waals surface area contributed by atoms with Gasteiger partial charge in [0.2, 0.25) is 17.7 Å². The molecule has 7 heteroatoms. The number of benzene rings is 2. The molecule has 2 saturated heterocycles. The highest BCUT2D eigenvalue weighted by molar-refractivity contribution is 5.97. The highest BCUT2D eigenvalue weighted by Crippen LogP contribution is 2.27. The van der Waals surface area contributed by atoms with Gasteiger partial charge in [0, 0.05) is 44.1 Å². The highest BCUT2D eigenvalue weighted by atomic mass is 16.5. The molecule has 0 radical (unpaired) electrons. The van der Waals surface area contributed by atoms with Gasteiger partial charge in [0.15, 0.2) is 0 Å². The van der Waals surface area contributed by atoms with Crippen LogP contribution in [0.25, 0.3) is 0 Å². The number of carbonyl (C=O) groups excluding carboxylic acids is 3. The summed E-state index contributed by atoms with van der Waals surface area (Å²) < 4.78 is 5.81. The van der Waals surface area contributed by atoms with Crippen molar-refractivity contribution in [2.45, 2.75) is 45.1 Å². The Labute approximate surface area is 194 Å². The van der Waals surface area contributed by atoms with Crippen molar-refractivity contribution >= 4 is 23.4 Å². The third-order valence-corrected chi connectivity index (χ3v) is 6.28. The molecule has 2 aromatic carbocycles. The van der Waals surface area contributed by atoms with Gasteiger partial charge in [-0.15, -0.1) is 0 Å². The van der Waals surface area contributed by atoms with Gasteiger partial charge in [-0.05, 0) is 55.7 Å². The smallest absolute Gasteiger partial charge is 0.229 e. The van der Waals surface area contributed by atoms with Gasteiger partial charge in [-0.1, -0.05) is 25.1 Å². The number of hydrogen-bond donors (Lipinski definition) is 1. The van der Waals surface area contributed by atoms with Crippen molar-refractivity contribution in [2.24, 2.45) is 5.92 Å². The Morgan fingerprint density at radius 1 is 1.00 bits per heavy atom. The number of rotatable bonds is 7. The lowest BCUT2D eigenvalue weighted by molar-refractivity contribution is -0.135. The molecular formula is C26H31N3O4. The van der Waals surface area contributed by atoms with Gasteiger partial charge < -0.3 is 19.9 Å². The van der Waals surface area contributed by atoms with E-state index in [1.54, 1.807) is 4.90 Å². The van der Waals surface area contributed by atoms with Crippen LogP contribution < -0.4 is 15.0 Å². The van der Waals surface area contributed by atoms with E-state index in [1.807, 2.05) is 66.4 Å². The summed E-state index contributed by atoms with van der Waals surface area (Å²) in [4.78, 5) is 41.0. The summed E-state index contributed by atoms with van der Waals surface area (Å²) in [7, 11) is 0. The van der Waals surface area contributed by atoms with E-state index in [4.69, 9.17) is 4.74 Å². The van der Waals surface area contributed by atoms with Gasteiger partial charge in [-0.3, -0.25) is 14.4 Å². The van der Waals surface area contributed by atoms with E-state index >= 15 is 0 Å². The van der Waals surface area contributed by atoms with Gasteiger partial charge >= 0.3 is 0 Å². The lowest BCUT2D eigenvalue weighted by atomic mass is 9.95. The van der Waals surface area contributed by atoms with Crippen LogP contribution in [0.3, 0.4) is 0 Å². The minimum absolute atomic E-state index is 0.00277. The van der Waals surface area contributed by atoms with Crippen molar-refractivity contribution < 1.29 is 19.1 Å². The van der Waals surface area contributed by atoms with E-state index < -0.39 is 0 Å². The van der Waals surface area contributed by atoms with Crippen LogP contribution in [0.15, 0.2) is 54.6 Å². The average Bonchev–Trinajstić information content (AvgIpc) is 3.20. The largest absolute Gasteiger partial charge is 0.457 e. The summed E-state index contributed by atoms with van der Waals surface area (Å²) in [6.45, 7) is 3.71. The second-order valence-corrected chi connectivity index (χ2v) is 8.73. The fourth-order valence-corrected chi connectivity index (χ4v) is 4.45. The minimum Gasteiger partial charge on any atom is -0.457 e. The number of amides is 3. The van der Waals surface area contributed by atoms with E-state index in [-0.39, 0.29) is 29.7 Å². The Hall–Kier alpha value is -3.35.